The fourth-order valence-electron chi connectivity index (χ4n) is 5.40. The molecule has 2 aliphatic heterocycles. The van der Waals surface area contributed by atoms with Crippen LogP contribution in [0.3, 0.4) is 0 Å². The normalized spacial score (nSPS) is 30.4. The quantitative estimate of drug-likeness (QED) is 0.608. The van der Waals surface area contributed by atoms with Gasteiger partial charge in [0.05, 0.1) is 43.1 Å². The van der Waals surface area contributed by atoms with Crippen LogP contribution in [0, 0.1) is 0 Å². The van der Waals surface area contributed by atoms with Crippen molar-refractivity contribution in [3.8, 4) is 0 Å². The van der Waals surface area contributed by atoms with Crippen molar-refractivity contribution in [1.29, 1.82) is 0 Å². The van der Waals surface area contributed by atoms with Gasteiger partial charge in [-0.15, -0.1) is 0 Å². The topological polar surface area (TPSA) is 105 Å². The number of benzene rings is 1. The van der Waals surface area contributed by atoms with Crippen LogP contribution in [0.4, 0.5) is 11.8 Å². The van der Waals surface area contributed by atoms with Gasteiger partial charge in [-0.1, -0.05) is 23.7 Å². The number of nitrogens with one attached hydrogen (secondary N) is 1. The van der Waals surface area contributed by atoms with Crippen molar-refractivity contribution < 1.29 is 13.5 Å². The summed E-state index contributed by atoms with van der Waals surface area (Å²) in [4.78, 5) is 9.97. The Morgan fingerprint density at radius 1 is 1.15 bits per heavy atom. The van der Waals surface area contributed by atoms with E-state index in [1.807, 2.05) is 24.3 Å². The van der Waals surface area contributed by atoms with Gasteiger partial charge in [0.15, 0.2) is 0 Å². The molecule has 0 radical (unpaired) electrons. The van der Waals surface area contributed by atoms with Crippen LogP contribution < -0.4 is 5.32 Å². The smallest absolute Gasteiger partial charge is 0.259 e. The van der Waals surface area contributed by atoms with Crippen LogP contribution >= 0.6 is 11.6 Å². The zero-order valence-corrected chi connectivity index (χ0v) is 21.4. The number of anilines is 1. The van der Waals surface area contributed by atoms with Gasteiger partial charge >= 0.3 is 0 Å². The first-order valence-electron chi connectivity index (χ1n) is 12.0. The summed E-state index contributed by atoms with van der Waals surface area (Å²) in [5.74, 6) is 2.08. The lowest BCUT2D eigenvalue weighted by molar-refractivity contribution is 0.143. The first-order chi connectivity index (χ1) is 16.3. The maximum Gasteiger partial charge on any atom is 0.259 e. The zero-order chi connectivity index (χ0) is 23.6. The molecule has 10 heteroatoms. The Kier molecular flexibility index (Phi) is 5.55. The summed E-state index contributed by atoms with van der Waals surface area (Å²) >= 11 is 6.02. The zero-order valence-electron chi connectivity index (χ0n) is 19.0. The average Bonchev–Trinajstić information content (AvgIpc) is 3.51. The summed E-state index contributed by atoms with van der Waals surface area (Å²) in [6, 6.07) is 7.89. The minimum absolute atomic E-state index is 0.00113. The number of aliphatic hydroxyl groups excluding tert-OH is 1. The molecule has 2 aliphatic carbocycles. The Labute approximate surface area is 207 Å². The number of nitrogens with zero attached hydrogens (tertiary/aromatic N) is 3. The third-order valence-corrected chi connectivity index (χ3v) is 12.6. The number of aliphatic hydroxyl groups is 1. The Hall–Kier alpha value is -1.55. The summed E-state index contributed by atoms with van der Waals surface area (Å²) < 4.78 is 31.3. The number of aromatic nitrogens is 2. The van der Waals surface area contributed by atoms with Crippen LogP contribution in [-0.2, 0) is 26.9 Å². The van der Waals surface area contributed by atoms with E-state index in [4.69, 9.17) is 11.6 Å². The summed E-state index contributed by atoms with van der Waals surface area (Å²) in [5.41, 5.74) is 1.55. The van der Waals surface area contributed by atoms with Crippen LogP contribution in [-0.4, -0.2) is 51.9 Å². The van der Waals surface area contributed by atoms with Gasteiger partial charge < -0.3 is 10.4 Å². The van der Waals surface area contributed by atoms with E-state index in [2.05, 4.69) is 19.6 Å². The minimum atomic E-state index is -2.47. The molecule has 1 aromatic carbocycles. The van der Waals surface area contributed by atoms with Crippen LogP contribution in [0.2, 0.25) is 5.02 Å². The van der Waals surface area contributed by atoms with Crippen LogP contribution in [0.15, 0.2) is 33.5 Å². The summed E-state index contributed by atoms with van der Waals surface area (Å²) in [6.45, 7) is -0.00113. The lowest BCUT2D eigenvalue weighted by Crippen LogP contribution is -2.48. The minimum Gasteiger partial charge on any atom is -0.394 e. The summed E-state index contributed by atoms with van der Waals surface area (Å²) in [5, 5.41) is 14.1. The molecule has 1 atom stereocenters. The van der Waals surface area contributed by atoms with Crippen molar-refractivity contribution in [1.82, 2.24) is 9.97 Å². The second-order valence-corrected chi connectivity index (χ2v) is 15.1. The molecular weight excluding hydrogens is 492 g/mol. The van der Waals surface area contributed by atoms with Crippen molar-refractivity contribution in [3.63, 3.8) is 0 Å². The Morgan fingerprint density at radius 3 is 2.44 bits per heavy atom. The molecule has 1 unspecified atom stereocenters. The van der Waals surface area contributed by atoms with Gasteiger partial charge in [0.1, 0.15) is 10.7 Å². The third kappa shape index (κ3) is 3.98. The first kappa shape index (κ1) is 22.9. The van der Waals surface area contributed by atoms with Gasteiger partial charge in [0, 0.05) is 22.9 Å². The molecule has 2 aromatic rings. The molecule has 4 aliphatic rings. The molecule has 0 amide bonds. The largest absolute Gasteiger partial charge is 0.394 e. The molecule has 2 N–H and O–H groups in total. The summed E-state index contributed by atoms with van der Waals surface area (Å²) in [7, 11) is -3.64. The molecule has 182 valence electrons. The molecular formula is C24H29ClN4O3S2. The molecule has 7 nitrogen and oxygen atoms in total. The van der Waals surface area contributed by atoms with Crippen molar-refractivity contribution >= 4 is 43.9 Å². The maximum absolute atomic E-state index is 13.6. The molecule has 2 saturated carbocycles. The Bertz CT molecular complexity index is 1260. The lowest BCUT2D eigenvalue weighted by Gasteiger charge is -2.41. The molecule has 0 bridgehead atoms. The third-order valence-electron chi connectivity index (χ3n) is 7.96. The highest BCUT2D eigenvalue weighted by Crippen LogP contribution is 2.54. The fraction of sp³-hybridized carbons (Fsp3) is 0.583. The summed E-state index contributed by atoms with van der Waals surface area (Å²) in [6.07, 6.45) is 6.81. The number of fused-ring (bicyclic) bond motifs is 1. The van der Waals surface area contributed by atoms with Crippen LogP contribution in [0.1, 0.15) is 62.1 Å². The monoisotopic (exact) mass is 520 g/mol. The SMILES string of the molecule is O=S1c2c(nc(N=S3(=O)CCC(c4ccc(Cl)cc4)CC3)nc2NC2(CO)CCC2)CC12CC2. The number of hydrogen-bond acceptors (Lipinski definition) is 7. The lowest BCUT2D eigenvalue weighted by atomic mass is 9.77. The molecule has 1 spiro atoms. The van der Waals surface area contributed by atoms with E-state index in [9.17, 15) is 13.5 Å². The van der Waals surface area contributed by atoms with Gasteiger partial charge in [-0.25, -0.2) is 9.19 Å². The van der Waals surface area contributed by atoms with Crippen LogP contribution in [0.25, 0.3) is 0 Å². The predicted octanol–water partition coefficient (Wildman–Crippen LogP) is 4.33. The van der Waals surface area contributed by atoms with Gasteiger partial charge in [0.25, 0.3) is 5.95 Å². The molecule has 3 heterocycles. The first-order valence-corrected chi connectivity index (χ1v) is 15.4. The van der Waals surface area contributed by atoms with E-state index < -0.39 is 26.1 Å². The standard InChI is InChI=1S/C24H29ClN4O3S2/c25-18-4-2-16(3-5-18)17-6-12-34(32,13-7-17)29-22-26-19-14-24(10-11-24)33(31)20(19)21(27-22)28-23(15-30)8-1-9-23/h2-5,17,30H,1,6-15H2,(H,26,27,28). The Balaban J connectivity index is 1.30. The predicted molar refractivity (Wildman–Crippen MR) is 135 cm³/mol. The van der Waals surface area contributed by atoms with Crippen molar-refractivity contribution in [2.24, 2.45) is 4.36 Å². The van der Waals surface area contributed by atoms with E-state index in [1.165, 1.54) is 5.56 Å². The van der Waals surface area contributed by atoms with Gasteiger partial charge in [-0.2, -0.15) is 9.35 Å². The molecule has 34 heavy (non-hydrogen) atoms. The van der Waals surface area contributed by atoms with E-state index in [1.54, 1.807) is 0 Å². The number of hydrogen-bond donors (Lipinski definition) is 2. The highest BCUT2D eigenvalue weighted by atomic mass is 35.5. The van der Waals surface area contributed by atoms with E-state index in [-0.39, 0.29) is 17.3 Å². The highest BCUT2D eigenvalue weighted by molar-refractivity contribution is 7.93. The number of halogens is 1. The molecule has 3 fully saturated rings. The van der Waals surface area contributed by atoms with E-state index >= 15 is 0 Å². The maximum atomic E-state index is 13.6. The second kappa shape index (κ2) is 8.25. The molecule has 6 rings (SSSR count). The fourth-order valence-corrected chi connectivity index (χ4v) is 9.37. The number of rotatable bonds is 5. The van der Waals surface area contributed by atoms with Crippen molar-refractivity contribution in [2.45, 2.75) is 72.5 Å². The average molecular weight is 521 g/mol. The van der Waals surface area contributed by atoms with Crippen molar-refractivity contribution in [3.05, 3.63) is 40.5 Å². The van der Waals surface area contributed by atoms with Crippen LogP contribution in [0.5, 0.6) is 0 Å². The van der Waals surface area contributed by atoms with Gasteiger partial charge in [-0.05, 0) is 68.6 Å². The molecule has 1 saturated heterocycles. The van der Waals surface area contributed by atoms with E-state index in [0.29, 0.717) is 34.6 Å². The second-order valence-electron chi connectivity index (χ2n) is 10.3. The van der Waals surface area contributed by atoms with Gasteiger partial charge in [0.2, 0.25) is 0 Å². The van der Waals surface area contributed by atoms with E-state index in [0.717, 1.165) is 55.7 Å². The molecule has 1 aromatic heterocycles. The highest BCUT2D eigenvalue weighted by Gasteiger charge is 2.56. The Morgan fingerprint density at radius 2 is 1.85 bits per heavy atom. The van der Waals surface area contributed by atoms with Crippen molar-refractivity contribution in [2.75, 3.05) is 23.4 Å². The van der Waals surface area contributed by atoms with Gasteiger partial charge in [-0.3, -0.25) is 4.21 Å².